The number of aromatic nitrogens is 2. The van der Waals surface area contributed by atoms with Crippen molar-refractivity contribution in [2.75, 3.05) is 0 Å². The summed E-state index contributed by atoms with van der Waals surface area (Å²) >= 11 is 0. The van der Waals surface area contributed by atoms with Gasteiger partial charge in [0.15, 0.2) is 0 Å². The average Bonchev–Trinajstić information content (AvgIpc) is 2.45. The minimum atomic E-state index is 0.0650. The van der Waals surface area contributed by atoms with Gasteiger partial charge in [-0.15, -0.1) is 0 Å². The van der Waals surface area contributed by atoms with Crippen LogP contribution in [-0.4, -0.2) is 9.97 Å². The van der Waals surface area contributed by atoms with E-state index in [1.807, 2.05) is 6.92 Å². The van der Waals surface area contributed by atoms with Crippen LogP contribution in [0.5, 0.6) is 0 Å². The molecular weight excluding hydrogens is 176 g/mol. The molecule has 0 radical (unpaired) electrons. The molecule has 0 bridgehead atoms. The van der Waals surface area contributed by atoms with Gasteiger partial charge in [-0.3, -0.25) is 0 Å². The predicted octanol–water partition coefficient (Wildman–Crippen LogP) is 2.97. The van der Waals surface area contributed by atoms with Crippen LogP contribution < -0.4 is 0 Å². The van der Waals surface area contributed by atoms with E-state index in [-0.39, 0.29) is 11.5 Å². The van der Waals surface area contributed by atoms with E-state index in [1.165, 1.54) is 0 Å². The highest BCUT2D eigenvalue weighted by atomic mass is 15.2. The molecule has 14 heavy (non-hydrogen) atoms. The van der Waals surface area contributed by atoms with Crippen LogP contribution in [0.1, 0.15) is 38.3 Å². The van der Waals surface area contributed by atoms with Crippen molar-refractivity contribution < 1.29 is 0 Å². The molecule has 1 aliphatic rings. The van der Waals surface area contributed by atoms with Crippen LogP contribution in [0.15, 0.2) is 16.4 Å². The second-order valence-electron chi connectivity index (χ2n) is 4.67. The molecule has 74 valence electrons. The van der Waals surface area contributed by atoms with Crippen molar-refractivity contribution in [3.8, 4) is 0 Å². The van der Waals surface area contributed by atoms with Crippen LogP contribution in [0, 0.1) is 12.3 Å². The number of aryl methyl sites for hydroxylation is 1. The Hall–Kier alpha value is -1.32. The zero-order valence-electron chi connectivity index (χ0n) is 8.94. The third-order valence-electron chi connectivity index (χ3n) is 2.28. The topological polar surface area (TPSA) is 50.5 Å². The van der Waals surface area contributed by atoms with E-state index >= 15 is 0 Å². The molecule has 0 aromatic carbocycles. The quantitative estimate of drug-likeness (QED) is 0.631. The monoisotopic (exact) mass is 190 g/mol. The van der Waals surface area contributed by atoms with Crippen molar-refractivity contribution in [2.24, 2.45) is 15.6 Å². The van der Waals surface area contributed by atoms with Crippen molar-refractivity contribution in [2.45, 2.75) is 33.7 Å². The summed E-state index contributed by atoms with van der Waals surface area (Å²) in [6.07, 6.45) is 1.74. The first kappa shape index (κ1) is 9.24. The normalized spacial score (nSPS) is 19.9. The van der Waals surface area contributed by atoms with E-state index in [0.717, 1.165) is 17.2 Å². The van der Waals surface area contributed by atoms with E-state index < -0.39 is 0 Å². The highest BCUT2D eigenvalue weighted by Crippen LogP contribution is 2.43. The molecule has 2 rings (SSSR count). The maximum Gasteiger partial charge on any atom is 0.127 e. The number of rotatable bonds is 0. The maximum absolute atomic E-state index is 4.40. The SMILES string of the molecule is Cc1ncc2c(n1)C(C(C)(C)C)N=N2. The van der Waals surface area contributed by atoms with Gasteiger partial charge in [0.1, 0.15) is 17.6 Å². The van der Waals surface area contributed by atoms with Crippen LogP contribution in [0.2, 0.25) is 0 Å². The van der Waals surface area contributed by atoms with Gasteiger partial charge in [-0.05, 0) is 12.3 Å². The summed E-state index contributed by atoms with van der Waals surface area (Å²) in [6, 6.07) is 0.0687. The molecule has 4 heteroatoms. The van der Waals surface area contributed by atoms with Gasteiger partial charge in [-0.1, -0.05) is 20.8 Å². The second-order valence-corrected chi connectivity index (χ2v) is 4.67. The fraction of sp³-hybridized carbons (Fsp3) is 0.600. The molecule has 0 spiro atoms. The lowest BCUT2D eigenvalue weighted by atomic mass is 9.85. The maximum atomic E-state index is 4.40. The van der Waals surface area contributed by atoms with Gasteiger partial charge in [0, 0.05) is 0 Å². The molecule has 0 saturated carbocycles. The first-order chi connectivity index (χ1) is 6.48. The van der Waals surface area contributed by atoms with Crippen LogP contribution in [-0.2, 0) is 0 Å². The average molecular weight is 190 g/mol. The molecule has 1 aromatic heterocycles. The summed E-state index contributed by atoms with van der Waals surface area (Å²) in [6.45, 7) is 8.31. The van der Waals surface area contributed by atoms with E-state index in [9.17, 15) is 0 Å². The standard InChI is InChI=1S/C10H14N4/c1-6-11-5-7-8(12-6)9(14-13-7)10(2,3)4/h5,9H,1-4H3. The first-order valence-electron chi connectivity index (χ1n) is 4.73. The summed E-state index contributed by atoms with van der Waals surface area (Å²) in [5, 5.41) is 8.33. The van der Waals surface area contributed by atoms with E-state index in [0.29, 0.717) is 0 Å². The highest BCUT2D eigenvalue weighted by molar-refractivity contribution is 5.44. The van der Waals surface area contributed by atoms with E-state index in [1.54, 1.807) is 6.20 Å². The van der Waals surface area contributed by atoms with E-state index in [4.69, 9.17) is 0 Å². The Morgan fingerprint density at radius 1 is 1.29 bits per heavy atom. The number of hydrogen-bond acceptors (Lipinski definition) is 4. The Morgan fingerprint density at radius 2 is 2.00 bits per heavy atom. The lowest BCUT2D eigenvalue weighted by Gasteiger charge is -2.22. The number of hydrogen-bond donors (Lipinski definition) is 0. The summed E-state index contributed by atoms with van der Waals surface area (Å²) in [5.41, 5.74) is 1.84. The Balaban J connectivity index is 2.48. The number of fused-ring (bicyclic) bond motifs is 1. The fourth-order valence-corrected chi connectivity index (χ4v) is 1.52. The smallest absolute Gasteiger partial charge is 0.127 e. The number of nitrogens with zero attached hydrogens (tertiary/aromatic N) is 4. The zero-order valence-corrected chi connectivity index (χ0v) is 8.94. The minimum absolute atomic E-state index is 0.0650. The Bertz CT molecular complexity index is 390. The van der Waals surface area contributed by atoms with Crippen molar-refractivity contribution >= 4 is 5.69 Å². The Kier molecular flexibility index (Phi) is 1.87. The molecule has 1 unspecified atom stereocenters. The van der Waals surface area contributed by atoms with Gasteiger partial charge < -0.3 is 0 Å². The first-order valence-corrected chi connectivity index (χ1v) is 4.73. The molecule has 1 aromatic rings. The molecule has 0 amide bonds. The summed E-state index contributed by atoms with van der Waals surface area (Å²) in [5.74, 6) is 0.783. The van der Waals surface area contributed by atoms with Gasteiger partial charge in [0.2, 0.25) is 0 Å². The van der Waals surface area contributed by atoms with Gasteiger partial charge in [-0.25, -0.2) is 9.97 Å². The molecule has 0 N–H and O–H groups in total. The number of azo groups is 1. The molecule has 0 saturated heterocycles. The van der Waals surface area contributed by atoms with Gasteiger partial charge >= 0.3 is 0 Å². The molecule has 1 atom stereocenters. The van der Waals surface area contributed by atoms with Crippen molar-refractivity contribution in [3.63, 3.8) is 0 Å². The Labute approximate surface area is 83.5 Å². The van der Waals surface area contributed by atoms with Crippen LogP contribution in [0.3, 0.4) is 0 Å². The molecule has 0 aliphatic carbocycles. The molecular formula is C10H14N4. The third-order valence-corrected chi connectivity index (χ3v) is 2.28. The van der Waals surface area contributed by atoms with Gasteiger partial charge in [0.05, 0.1) is 11.9 Å². The second kappa shape index (κ2) is 2.83. The summed E-state index contributed by atoms with van der Waals surface area (Å²) in [7, 11) is 0. The zero-order chi connectivity index (χ0) is 10.3. The van der Waals surface area contributed by atoms with Crippen molar-refractivity contribution in [3.05, 3.63) is 17.7 Å². The van der Waals surface area contributed by atoms with Crippen LogP contribution >= 0.6 is 0 Å². The van der Waals surface area contributed by atoms with Crippen molar-refractivity contribution in [1.29, 1.82) is 0 Å². The summed E-state index contributed by atoms with van der Waals surface area (Å²) in [4.78, 5) is 8.51. The molecule has 4 nitrogen and oxygen atoms in total. The predicted molar refractivity (Wildman–Crippen MR) is 53.5 cm³/mol. The minimum Gasteiger partial charge on any atom is -0.239 e. The largest absolute Gasteiger partial charge is 0.239 e. The van der Waals surface area contributed by atoms with Crippen LogP contribution in [0.25, 0.3) is 0 Å². The van der Waals surface area contributed by atoms with Crippen molar-refractivity contribution in [1.82, 2.24) is 9.97 Å². The lowest BCUT2D eigenvalue weighted by molar-refractivity contribution is 0.323. The summed E-state index contributed by atoms with van der Waals surface area (Å²) < 4.78 is 0. The molecule has 2 heterocycles. The highest BCUT2D eigenvalue weighted by Gasteiger charge is 2.33. The molecule has 0 fully saturated rings. The Morgan fingerprint density at radius 3 is 2.64 bits per heavy atom. The third kappa shape index (κ3) is 1.41. The molecule has 1 aliphatic heterocycles. The van der Waals surface area contributed by atoms with Gasteiger partial charge in [0.25, 0.3) is 0 Å². The fourth-order valence-electron chi connectivity index (χ4n) is 1.52. The lowest BCUT2D eigenvalue weighted by Crippen LogP contribution is -2.16. The van der Waals surface area contributed by atoms with Crippen LogP contribution in [0.4, 0.5) is 5.69 Å². The van der Waals surface area contributed by atoms with Gasteiger partial charge in [-0.2, -0.15) is 10.2 Å². The van der Waals surface area contributed by atoms with E-state index in [2.05, 4.69) is 41.0 Å².